The van der Waals surface area contributed by atoms with E-state index in [0.29, 0.717) is 0 Å². The second-order valence-electron chi connectivity index (χ2n) is 2.84. The summed E-state index contributed by atoms with van der Waals surface area (Å²) in [5, 5.41) is 2.51. The lowest BCUT2D eigenvalue weighted by Crippen LogP contribution is -2.23. The lowest BCUT2D eigenvalue weighted by atomic mass is 10.1. The van der Waals surface area contributed by atoms with E-state index in [1.807, 2.05) is 0 Å². The van der Waals surface area contributed by atoms with Crippen LogP contribution >= 0.6 is 12.6 Å². The van der Waals surface area contributed by atoms with Crippen LogP contribution in [-0.2, 0) is 0 Å². The van der Waals surface area contributed by atoms with E-state index in [4.69, 9.17) is 0 Å². The van der Waals surface area contributed by atoms with Crippen LogP contribution in [0.25, 0.3) is 0 Å². The van der Waals surface area contributed by atoms with E-state index in [2.05, 4.69) is 17.9 Å². The third-order valence-electron chi connectivity index (χ3n) is 2.02. The predicted octanol–water partition coefficient (Wildman–Crippen LogP) is 1.82. The Morgan fingerprint density at radius 2 is 2.10 bits per heavy atom. The maximum atomic E-state index is 10.4. The monoisotopic (exact) mass is 159 g/mol. The minimum Gasteiger partial charge on any atom is -0.347 e. The Hall–Kier alpha value is -0.180. The van der Waals surface area contributed by atoms with Crippen LogP contribution in [-0.4, -0.2) is 11.8 Å². The van der Waals surface area contributed by atoms with Gasteiger partial charge < -0.3 is 5.32 Å². The van der Waals surface area contributed by atoms with Crippen molar-refractivity contribution in [3.8, 4) is 0 Å². The van der Waals surface area contributed by atoms with Crippen LogP contribution in [0.5, 0.6) is 0 Å². The number of hydrogen-bond donors (Lipinski definition) is 2. The molecule has 0 saturated heterocycles. The topological polar surface area (TPSA) is 29.1 Å². The van der Waals surface area contributed by atoms with Gasteiger partial charge in [-0.25, -0.2) is 0 Å². The van der Waals surface area contributed by atoms with Gasteiger partial charge in [-0.15, -0.1) is 0 Å². The Morgan fingerprint density at radius 1 is 1.50 bits per heavy atom. The van der Waals surface area contributed by atoms with Crippen molar-refractivity contribution in [2.75, 3.05) is 6.54 Å². The zero-order valence-corrected chi connectivity index (χ0v) is 6.86. The average Bonchev–Trinajstić information content (AvgIpc) is 2.34. The SMILES string of the molecule is O=C(S)NCC1CCCC1. The first-order chi connectivity index (χ1) is 4.79. The molecule has 1 fully saturated rings. The van der Waals surface area contributed by atoms with Crippen LogP contribution in [0.1, 0.15) is 25.7 Å². The van der Waals surface area contributed by atoms with Gasteiger partial charge in [-0.2, -0.15) is 0 Å². The van der Waals surface area contributed by atoms with E-state index in [0.717, 1.165) is 12.5 Å². The minimum absolute atomic E-state index is 0.202. The first-order valence-corrected chi connectivity index (χ1v) is 4.20. The van der Waals surface area contributed by atoms with Crippen LogP contribution in [0.15, 0.2) is 0 Å². The highest BCUT2D eigenvalue weighted by Gasteiger charge is 2.14. The highest BCUT2D eigenvalue weighted by Crippen LogP contribution is 2.23. The fourth-order valence-corrected chi connectivity index (χ4v) is 1.54. The molecule has 0 aliphatic heterocycles. The van der Waals surface area contributed by atoms with Crippen molar-refractivity contribution in [2.45, 2.75) is 25.7 Å². The molecular weight excluding hydrogens is 146 g/mol. The normalized spacial score (nSPS) is 19.3. The van der Waals surface area contributed by atoms with Crippen LogP contribution < -0.4 is 5.32 Å². The van der Waals surface area contributed by atoms with Crippen molar-refractivity contribution in [3.63, 3.8) is 0 Å². The summed E-state index contributed by atoms with van der Waals surface area (Å²) >= 11 is 3.62. The van der Waals surface area contributed by atoms with Crippen molar-refractivity contribution in [2.24, 2.45) is 5.92 Å². The van der Waals surface area contributed by atoms with Gasteiger partial charge in [-0.3, -0.25) is 4.79 Å². The molecule has 1 aliphatic carbocycles. The van der Waals surface area contributed by atoms with Gasteiger partial charge in [0.2, 0.25) is 0 Å². The Kier molecular flexibility index (Phi) is 3.06. The molecule has 0 aromatic rings. The summed E-state index contributed by atoms with van der Waals surface area (Å²) in [6, 6.07) is 0. The van der Waals surface area contributed by atoms with E-state index < -0.39 is 0 Å². The maximum Gasteiger partial charge on any atom is 0.275 e. The molecule has 0 aromatic carbocycles. The number of amides is 1. The third kappa shape index (κ3) is 2.60. The summed E-state index contributed by atoms with van der Waals surface area (Å²) in [5.41, 5.74) is 0. The number of thiol groups is 1. The molecule has 58 valence electrons. The van der Waals surface area contributed by atoms with Crippen molar-refractivity contribution in [1.82, 2.24) is 5.32 Å². The fourth-order valence-electron chi connectivity index (χ4n) is 1.45. The van der Waals surface area contributed by atoms with Crippen molar-refractivity contribution < 1.29 is 4.79 Å². The summed E-state index contributed by atoms with van der Waals surface area (Å²) in [5.74, 6) is 0.719. The maximum absolute atomic E-state index is 10.4. The van der Waals surface area contributed by atoms with Gasteiger partial charge in [0, 0.05) is 6.54 Å². The van der Waals surface area contributed by atoms with E-state index in [-0.39, 0.29) is 5.24 Å². The Bertz CT molecular complexity index is 121. The smallest absolute Gasteiger partial charge is 0.275 e. The number of nitrogens with one attached hydrogen (secondary N) is 1. The molecule has 1 saturated carbocycles. The summed E-state index contributed by atoms with van der Waals surface area (Å²) in [6.45, 7) is 0.822. The Morgan fingerprint density at radius 3 is 2.60 bits per heavy atom. The largest absolute Gasteiger partial charge is 0.347 e. The molecule has 3 heteroatoms. The average molecular weight is 159 g/mol. The van der Waals surface area contributed by atoms with E-state index in [9.17, 15) is 4.79 Å². The molecule has 0 spiro atoms. The molecule has 0 bridgehead atoms. The van der Waals surface area contributed by atoms with Gasteiger partial charge in [-0.1, -0.05) is 25.5 Å². The molecule has 0 atom stereocenters. The molecule has 0 aromatic heterocycles. The van der Waals surface area contributed by atoms with E-state index >= 15 is 0 Å². The van der Waals surface area contributed by atoms with Gasteiger partial charge in [0.15, 0.2) is 0 Å². The summed E-state index contributed by atoms with van der Waals surface area (Å²) < 4.78 is 0. The quantitative estimate of drug-likeness (QED) is 0.591. The van der Waals surface area contributed by atoms with Gasteiger partial charge in [0.1, 0.15) is 0 Å². The highest BCUT2D eigenvalue weighted by molar-refractivity contribution is 7.96. The molecule has 10 heavy (non-hydrogen) atoms. The summed E-state index contributed by atoms with van der Waals surface area (Å²) in [7, 11) is 0. The summed E-state index contributed by atoms with van der Waals surface area (Å²) in [4.78, 5) is 10.4. The van der Waals surface area contributed by atoms with Crippen LogP contribution in [0.2, 0.25) is 0 Å². The molecule has 1 aliphatic rings. The van der Waals surface area contributed by atoms with Gasteiger partial charge in [-0.05, 0) is 18.8 Å². The van der Waals surface area contributed by atoms with Crippen molar-refractivity contribution >= 4 is 17.9 Å². The van der Waals surface area contributed by atoms with Gasteiger partial charge >= 0.3 is 0 Å². The number of rotatable bonds is 2. The molecule has 0 unspecified atom stereocenters. The predicted molar refractivity (Wildman–Crippen MR) is 44.3 cm³/mol. The number of carbonyl (C=O) groups is 1. The lowest BCUT2D eigenvalue weighted by molar-refractivity contribution is 0.259. The van der Waals surface area contributed by atoms with Gasteiger partial charge in [0.25, 0.3) is 5.24 Å². The molecule has 1 amide bonds. The Labute approximate surface area is 66.8 Å². The van der Waals surface area contributed by atoms with E-state index in [1.165, 1.54) is 25.7 Å². The minimum atomic E-state index is -0.202. The van der Waals surface area contributed by atoms with Crippen LogP contribution in [0.3, 0.4) is 0 Å². The molecule has 0 radical (unpaired) electrons. The molecule has 1 N–H and O–H groups in total. The molecule has 0 heterocycles. The fraction of sp³-hybridized carbons (Fsp3) is 0.857. The second kappa shape index (κ2) is 3.86. The summed E-state index contributed by atoms with van der Waals surface area (Å²) in [6.07, 6.45) is 5.20. The number of hydrogen-bond acceptors (Lipinski definition) is 1. The third-order valence-corrected chi connectivity index (χ3v) is 2.17. The van der Waals surface area contributed by atoms with Crippen molar-refractivity contribution in [3.05, 3.63) is 0 Å². The van der Waals surface area contributed by atoms with Gasteiger partial charge in [0.05, 0.1) is 0 Å². The van der Waals surface area contributed by atoms with E-state index in [1.54, 1.807) is 0 Å². The first kappa shape index (κ1) is 7.92. The number of carbonyl (C=O) groups excluding carboxylic acids is 1. The standard InChI is InChI=1S/C7H13NOS/c9-7(10)8-5-6-3-1-2-4-6/h6H,1-5H2,(H2,8,9,10). The molecular formula is C7H13NOS. The molecule has 1 rings (SSSR count). The van der Waals surface area contributed by atoms with Crippen LogP contribution in [0.4, 0.5) is 4.79 Å². The zero-order valence-electron chi connectivity index (χ0n) is 5.97. The second-order valence-corrected chi connectivity index (χ2v) is 3.24. The first-order valence-electron chi connectivity index (χ1n) is 3.76. The highest BCUT2D eigenvalue weighted by atomic mass is 32.1. The molecule has 2 nitrogen and oxygen atoms in total. The Balaban J connectivity index is 2.07. The lowest BCUT2D eigenvalue weighted by Gasteiger charge is -2.07. The zero-order chi connectivity index (χ0) is 7.40. The van der Waals surface area contributed by atoms with Crippen LogP contribution in [0, 0.1) is 5.92 Å². The van der Waals surface area contributed by atoms with Crippen molar-refractivity contribution in [1.29, 1.82) is 0 Å².